The maximum atomic E-state index is 12.0. The van der Waals surface area contributed by atoms with Crippen molar-refractivity contribution in [3.05, 3.63) is 47.5 Å². The van der Waals surface area contributed by atoms with Crippen molar-refractivity contribution in [2.24, 2.45) is 0 Å². The molecule has 3 N–H and O–H groups in total. The lowest BCUT2D eigenvalue weighted by Gasteiger charge is -2.10. The minimum absolute atomic E-state index is 0.0564. The van der Waals surface area contributed by atoms with Gasteiger partial charge in [-0.15, -0.1) is 0 Å². The number of carbonyl (C=O) groups is 2. The van der Waals surface area contributed by atoms with Crippen molar-refractivity contribution in [2.75, 3.05) is 29.6 Å². The van der Waals surface area contributed by atoms with E-state index >= 15 is 0 Å². The van der Waals surface area contributed by atoms with Crippen LogP contribution in [-0.2, 0) is 9.59 Å². The van der Waals surface area contributed by atoms with Gasteiger partial charge in [-0.25, -0.2) is 0 Å². The summed E-state index contributed by atoms with van der Waals surface area (Å²) < 4.78 is 5.08. The quantitative estimate of drug-likeness (QED) is 0.701. The Morgan fingerprint density at radius 1 is 0.960 bits per heavy atom. The van der Waals surface area contributed by atoms with Crippen molar-refractivity contribution in [1.29, 1.82) is 0 Å². The number of rotatable bonds is 7. The molecule has 0 bridgehead atoms. The highest BCUT2D eigenvalue weighted by atomic mass is 35.5. The van der Waals surface area contributed by atoms with E-state index in [-0.39, 0.29) is 18.4 Å². The van der Waals surface area contributed by atoms with E-state index in [2.05, 4.69) is 16.0 Å². The van der Waals surface area contributed by atoms with Crippen LogP contribution in [0, 0.1) is 0 Å². The summed E-state index contributed by atoms with van der Waals surface area (Å²) in [5, 5.41) is 8.98. The lowest BCUT2D eigenvalue weighted by atomic mass is 10.2. The molecule has 0 saturated heterocycles. The number of anilines is 3. The van der Waals surface area contributed by atoms with Crippen molar-refractivity contribution >= 4 is 40.5 Å². The summed E-state index contributed by atoms with van der Waals surface area (Å²) in [6, 6.07) is 12.1. The first-order chi connectivity index (χ1) is 12.0. The van der Waals surface area contributed by atoms with E-state index in [4.69, 9.17) is 16.3 Å². The Morgan fingerprint density at radius 2 is 1.52 bits per heavy atom. The van der Waals surface area contributed by atoms with Crippen LogP contribution in [0.1, 0.15) is 13.3 Å². The number of amides is 2. The summed E-state index contributed by atoms with van der Waals surface area (Å²) in [5.74, 6) is 0.323. The van der Waals surface area contributed by atoms with Gasteiger partial charge in [0, 0.05) is 23.5 Å². The van der Waals surface area contributed by atoms with Crippen molar-refractivity contribution in [3.63, 3.8) is 0 Å². The highest BCUT2D eigenvalue weighted by Gasteiger charge is 2.05. The molecule has 0 radical (unpaired) electrons. The lowest BCUT2D eigenvalue weighted by molar-refractivity contribution is -0.116. The number of ether oxygens (including phenoxy) is 1. The molecule has 0 unspecified atom stereocenters. The zero-order valence-electron chi connectivity index (χ0n) is 14.1. The second-order valence-electron chi connectivity index (χ2n) is 5.23. The first-order valence-corrected chi connectivity index (χ1v) is 8.16. The molecule has 0 atom stereocenters. The first-order valence-electron chi connectivity index (χ1n) is 7.79. The van der Waals surface area contributed by atoms with E-state index in [1.165, 1.54) is 0 Å². The predicted octanol–water partition coefficient (Wildman–Crippen LogP) is 3.75. The van der Waals surface area contributed by atoms with Crippen LogP contribution >= 0.6 is 11.6 Å². The monoisotopic (exact) mass is 361 g/mol. The van der Waals surface area contributed by atoms with Gasteiger partial charge in [0.05, 0.1) is 18.7 Å². The second kappa shape index (κ2) is 8.94. The molecule has 2 rings (SSSR count). The zero-order valence-corrected chi connectivity index (χ0v) is 14.8. The van der Waals surface area contributed by atoms with Crippen LogP contribution in [0.15, 0.2) is 42.5 Å². The summed E-state index contributed by atoms with van der Waals surface area (Å²) in [5.41, 5.74) is 2.06. The maximum Gasteiger partial charge on any atom is 0.243 e. The fourth-order valence-corrected chi connectivity index (χ4v) is 2.31. The van der Waals surface area contributed by atoms with Gasteiger partial charge in [-0.2, -0.15) is 0 Å². The number of hydrogen-bond acceptors (Lipinski definition) is 4. The van der Waals surface area contributed by atoms with Crippen molar-refractivity contribution in [1.82, 2.24) is 0 Å². The van der Waals surface area contributed by atoms with Gasteiger partial charge >= 0.3 is 0 Å². The van der Waals surface area contributed by atoms with Crippen molar-refractivity contribution in [3.8, 4) is 5.75 Å². The molecule has 2 amide bonds. The van der Waals surface area contributed by atoms with Gasteiger partial charge in [0.15, 0.2) is 0 Å². The number of carbonyl (C=O) groups excluding carboxylic acids is 2. The molecule has 0 spiro atoms. The molecule has 0 aromatic heterocycles. The van der Waals surface area contributed by atoms with E-state index in [9.17, 15) is 9.59 Å². The van der Waals surface area contributed by atoms with Crippen LogP contribution in [0.25, 0.3) is 0 Å². The zero-order chi connectivity index (χ0) is 18.2. The van der Waals surface area contributed by atoms with E-state index in [0.29, 0.717) is 28.6 Å². The summed E-state index contributed by atoms with van der Waals surface area (Å²) in [6.07, 6.45) is 0.416. The van der Waals surface area contributed by atoms with Crippen LogP contribution in [-0.4, -0.2) is 25.5 Å². The minimum atomic E-state index is -0.197. The molecule has 6 nitrogen and oxygen atoms in total. The Morgan fingerprint density at radius 3 is 2.04 bits per heavy atom. The van der Waals surface area contributed by atoms with Gasteiger partial charge in [-0.05, 0) is 42.5 Å². The Labute approximate surface area is 151 Å². The van der Waals surface area contributed by atoms with Gasteiger partial charge < -0.3 is 20.7 Å². The molecule has 25 heavy (non-hydrogen) atoms. The molecular formula is C18H20ClN3O3. The summed E-state index contributed by atoms with van der Waals surface area (Å²) in [7, 11) is 1.54. The van der Waals surface area contributed by atoms with Gasteiger partial charge in [-0.3, -0.25) is 9.59 Å². The third kappa shape index (κ3) is 5.69. The van der Waals surface area contributed by atoms with Crippen LogP contribution in [0.4, 0.5) is 17.1 Å². The second-order valence-corrected chi connectivity index (χ2v) is 5.64. The van der Waals surface area contributed by atoms with E-state index in [1.807, 2.05) is 0 Å². The average molecular weight is 362 g/mol. The molecular weight excluding hydrogens is 342 g/mol. The van der Waals surface area contributed by atoms with Gasteiger partial charge in [0.25, 0.3) is 0 Å². The van der Waals surface area contributed by atoms with Crippen molar-refractivity contribution in [2.45, 2.75) is 13.3 Å². The number of nitrogens with one attached hydrogen (secondary N) is 3. The molecule has 2 aromatic carbocycles. The highest BCUT2D eigenvalue weighted by molar-refractivity contribution is 6.32. The number of halogens is 1. The molecule has 0 fully saturated rings. The van der Waals surface area contributed by atoms with Crippen molar-refractivity contribution < 1.29 is 14.3 Å². The fourth-order valence-electron chi connectivity index (χ4n) is 2.05. The van der Waals surface area contributed by atoms with E-state index in [0.717, 1.165) is 5.69 Å². The molecule has 2 aromatic rings. The third-order valence-corrected chi connectivity index (χ3v) is 3.67. The Balaban J connectivity index is 1.85. The number of methoxy groups -OCH3 is 1. The average Bonchev–Trinajstić information content (AvgIpc) is 2.61. The van der Waals surface area contributed by atoms with Gasteiger partial charge in [-0.1, -0.05) is 18.5 Å². The third-order valence-electron chi connectivity index (χ3n) is 3.38. The van der Waals surface area contributed by atoms with Crippen LogP contribution in [0.2, 0.25) is 5.02 Å². The Hall–Kier alpha value is -2.73. The van der Waals surface area contributed by atoms with Gasteiger partial charge in [0.2, 0.25) is 11.8 Å². The normalized spacial score (nSPS) is 10.0. The number of hydrogen-bond donors (Lipinski definition) is 3. The summed E-state index contributed by atoms with van der Waals surface area (Å²) in [4.78, 5) is 23.3. The van der Waals surface area contributed by atoms with Crippen LogP contribution in [0.5, 0.6) is 5.75 Å². The maximum absolute atomic E-state index is 12.0. The number of benzene rings is 2. The predicted molar refractivity (Wildman–Crippen MR) is 100 cm³/mol. The van der Waals surface area contributed by atoms with E-state index in [1.54, 1.807) is 56.5 Å². The standard InChI is InChI=1S/C18H20ClN3O3/c1-3-17(23)21-12-4-6-13(7-5-12)22-18(24)11-20-14-8-9-16(25-2)15(19)10-14/h4-10,20H,3,11H2,1-2H3,(H,21,23)(H,22,24). The highest BCUT2D eigenvalue weighted by Crippen LogP contribution is 2.27. The Bertz CT molecular complexity index is 748. The summed E-state index contributed by atoms with van der Waals surface area (Å²) in [6.45, 7) is 1.88. The van der Waals surface area contributed by atoms with Gasteiger partial charge in [0.1, 0.15) is 5.75 Å². The Kier molecular flexibility index (Phi) is 6.65. The lowest BCUT2D eigenvalue weighted by Crippen LogP contribution is -2.21. The summed E-state index contributed by atoms with van der Waals surface area (Å²) >= 11 is 6.04. The fraction of sp³-hybridized carbons (Fsp3) is 0.222. The largest absolute Gasteiger partial charge is 0.495 e. The van der Waals surface area contributed by atoms with Crippen LogP contribution in [0.3, 0.4) is 0 Å². The molecule has 0 heterocycles. The minimum Gasteiger partial charge on any atom is -0.495 e. The molecule has 0 saturated carbocycles. The molecule has 7 heteroatoms. The molecule has 0 aliphatic rings. The first kappa shape index (κ1) is 18.6. The molecule has 132 valence electrons. The topological polar surface area (TPSA) is 79.5 Å². The molecule has 0 aliphatic carbocycles. The SMILES string of the molecule is CCC(=O)Nc1ccc(NC(=O)CNc2ccc(OC)c(Cl)c2)cc1. The molecule has 0 aliphatic heterocycles. The smallest absolute Gasteiger partial charge is 0.243 e. The van der Waals surface area contributed by atoms with E-state index < -0.39 is 0 Å². The van der Waals surface area contributed by atoms with Crippen LogP contribution < -0.4 is 20.7 Å².